The van der Waals surface area contributed by atoms with Crippen LogP contribution in [0.1, 0.15) is 16.5 Å². The Bertz CT molecular complexity index is 567. The topological polar surface area (TPSA) is 15.3 Å². The highest BCUT2D eigenvalue weighted by molar-refractivity contribution is 9.10. The van der Waals surface area contributed by atoms with Gasteiger partial charge in [0.2, 0.25) is 0 Å². The molecule has 1 aromatic heterocycles. The highest BCUT2D eigenvalue weighted by atomic mass is 79.9. The van der Waals surface area contributed by atoms with Crippen molar-refractivity contribution in [2.75, 3.05) is 26.2 Å². The molecule has 1 aliphatic rings. The summed E-state index contributed by atoms with van der Waals surface area (Å²) in [5.74, 6) is -0.134. The van der Waals surface area contributed by atoms with E-state index in [4.69, 9.17) is 0 Å². The van der Waals surface area contributed by atoms with Crippen LogP contribution < -0.4 is 5.32 Å². The lowest BCUT2D eigenvalue weighted by atomic mass is 10.0. The zero-order chi connectivity index (χ0) is 13.9. The molecule has 0 aliphatic carbocycles. The maximum Gasteiger partial charge on any atom is 0.128 e. The van der Waals surface area contributed by atoms with Crippen molar-refractivity contribution in [3.63, 3.8) is 0 Å². The third-order valence-corrected chi connectivity index (χ3v) is 5.00. The predicted molar refractivity (Wildman–Crippen MR) is 84.7 cm³/mol. The van der Waals surface area contributed by atoms with Crippen LogP contribution in [0.4, 0.5) is 4.39 Å². The molecule has 5 heteroatoms. The van der Waals surface area contributed by atoms with Crippen LogP contribution in [0.15, 0.2) is 40.2 Å². The van der Waals surface area contributed by atoms with Gasteiger partial charge in [0.05, 0.1) is 6.04 Å². The number of nitrogens with zero attached hydrogens (tertiary/aromatic N) is 1. The van der Waals surface area contributed by atoms with E-state index in [1.807, 2.05) is 12.1 Å². The maximum atomic E-state index is 14.3. The molecule has 3 rings (SSSR count). The van der Waals surface area contributed by atoms with Crippen molar-refractivity contribution < 1.29 is 4.39 Å². The smallest absolute Gasteiger partial charge is 0.128 e. The summed E-state index contributed by atoms with van der Waals surface area (Å²) in [5.41, 5.74) is 0.753. The molecule has 0 saturated carbocycles. The Kier molecular flexibility index (Phi) is 4.51. The Labute approximate surface area is 130 Å². The first kappa shape index (κ1) is 14.2. The summed E-state index contributed by atoms with van der Waals surface area (Å²) in [4.78, 5) is 3.55. The minimum atomic E-state index is -0.134. The molecule has 1 N–H and O–H groups in total. The molecule has 1 atom stereocenters. The normalized spacial score (nSPS) is 18.1. The zero-order valence-electron chi connectivity index (χ0n) is 11.0. The van der Waals surface area contributed by atoms with E-state index < -0.39 is 0 Å². The number of rotatable bonds is 3. The lowest BCUT2D eigenvalue weighted by molar-refractivity contribution is 0.197. The summed E-state index contributed by atoms with van der Waals surface area (Å²) in [6, 6.07) is 9.34. The van der Waals surface area contributed by atoms with Crippen molar-refractivity contribution in [1.29, 1.82) is 0 Å². The number of nitrogens with one attached hydrogen (secondary N) is 1. The molecule has 2 heterocycles. The Morgan fingerprint density at radius 3 is 2.75 bits per heavy atom. The fourth-order valence-electron chi connectivity index (χ4n) is 2.64. The van der Waals surface area contributed by atoms with E-state index in [-0.39, 0.29) is 11.9 Å². The van der Waals surface area contributed by atoms with Crippen molar-refractivity contribution in [2.45, 2.75) is 6.04 Å². The van der Waals surface area contributed by atoms with Gasteiger partial charge in [0.25, 0.3) is 0 Å². The number of piperazine rings is 1. The molecule has 2 aromatic rings. The van der Waals surface area contributed by atoms with Crippen molar-refractivity contribution in [2.24, 2.45) is 0 Å². The summed E-state index contributed by atoms with van der Waals surface area (Å²) in [7, 11) is 0. The SMILES string of the molecule is Fc1ccc(Br)cc1[C@H](c1cccs1)N1CCNCC1. The van der Waals surface area contributed by atoms with Gasteiger partial charge in [0, 0.05) is 41.1 Å². The molecule has 106 valence electrons. The number of benzene rings is 1. The molecular formula is C15H16BrFN2S. The predicted octanol–water partition coefficient (Wildman–Crippen LogP) is 3.64. The lowest BCUT2D eigenvalue weighted by Crippen LogP contribution is -2.45. The van der Waals surface area contributed by atoms with Crippen LogP contribution in [0.5, 0.6) is 0 Å². The van der Waals surface area contributed by atoms with Gasteiger partial charge in [-0.25, -0.2) is 4.39 Å². The van der Waals surface area contributed by atoms with Gasteiger partial charge in [0.15, 0.2) is 0 Å². The molecular weight excluding hydrogens is 339 g/mol. The minimum absolute atomic E-state index is 0.00889. The molecule has 1 saturated heterocycles. The molecule has 1 aliphatic heterocycles. The number of halogens is 2. The van der Waals surface area contributed by atoms with Crippen molar-refractivity contribution in [3.05, 3.63) is 56.4 Å². The highest BCUT2D eigenvalue weighted by Gasteiger charge is 2.27. The van der Waals surface area contributed by atoms with Crippen LogP contribution >= 0.6 is 27.3 Å². The lowest BCUT2D eigenvalue weighted by Gasteiger charge is -2.35. The summed E-state index contributed by atoms with van der Waals surface area (Å²) in [5, 5.41) is 5.41. The average Bonchev–Trinajstić information content (AvgIpc) is 2.98. The molecule has 20 heavy (non-hydrogen) atoms. The summed E-state index contributed by atoms with van der Waals surface area (Å²) < 4.78 is 15.2. The van der Waals surface area contributed by atoms with E-state index in [0.29, 0.717) is 0 Å². The van der Waals surface area contributed by atoms with Crippen LogP contribution in [0, 0.1) is 5.82 Å². The Balaban J connectivity index is 2.02. The van der Waals surface area contributed by atoms with E-state index >= 15 is 0 Å². The molecule has 1 fully saturated rings. The van der Waals surface area contributed by atoms with Crippen LogP contribution in [-0.2, 0) is 0 Å². The van der Waals surface area contributed by atoms with Crippen LogP contribution in [0.2, 0.25) is 0 Å². The fraction of sp³-hybridized carbons (Fsp3) is 0.333. The van der Waals surface area contributed by atoms with E-state index in [1.54, 1.807) is 23.5 Å². The highest BCUT2D eigenvalue weighted by Crippen LogP contribution is 2.34. The molecule has 0 radical (unpaired) electrons. The van der Waals surface area contributed by atoms with Crippen LogP contribution in [0.3, 0.4) is 0 Å². The molecule has 1 aromatic carbocycles. The van der Waals surface area contributed by atoms with E-state index in [0.717, 1.165) is 36.2 Å². The number of thiophene rings is 1. The van der Waals surface area contributed by atoms with Crippen molar-refractivity contribution in [1.82, 2.24) is 10.2 Å². The zero-order valence-corrected chi connectivity index (χ0v) is 13.4. The average molecular weight is 355 g/mol. The Morgan fingerprint density at radius 1 is 1.25 bits per heavy atom. The molecule has 0 unspecified atom stereocenters. The molecule has 0 amide bonds. The fourth-order valence-corrected chi connectivity index (χ4v) is 3.90. The van der Waals surface area contributed by atoms with Gasteiger partial charge < -0.3 is 5.32 Å². The Hall–Kier alpha value is -0.750. The largest absolute Gasteiger partial charge is 0.314 e. The first-order chi connectivity index (χ1) is 9.75. The number of hydrogen-bond acceptors (Lipinski definition) is 3. The van der Waals surface area contributed by atoms with Gasteiger partial charge in [-0.2, -0.15) is 0 Å². The van der Waals surface area contributed by atoms with Gasteiger partial charge in [0.1, 0.15) is 5.82 Å². The summed E-state index contributed by atoms with van der Waals surface area (Å²) in [6.07, 6.45) is 0. The van der Waals surface area contributed by atoms with Crippen molar-refractivity contribution >= 4 is 27.3 Å². The van der Waals surface area contributed by atoms with Gasteiger partial charge in [-0.1, -0.05) is 22.0 Å². The van der Waals surface area contributed by atoms with Crippen LogP contribution in [0.25, 0.3) is 0 Å². The number of hydrogen-bond donors (Lipinski definition) is 1. The maximum absolute atomic E-state index is 14.3. The summed E-state index contributed by atoms with van der Waals surface area (Å²) in [6.45, 7) is 3.79. The van der Waals surface area contributed by atoms with E-state index in [2.05, 4.69) is 37.6 Å². The first-order valence-electron chi connectivity index (χ1n) is 6.69. The first-order valence-corrected chi connectivity index (χ1v) is 8.36. The van der Waals surface area contributed by atoms with Gasteiger partial charge >= 0.3 is 0 Å². The second kappa shape index (κ2) is 6.35. The van der Waals surface area contributed by atoms with Gasteiger partial charge in [-0.15, -0.1) is 11.3 Å². The monoisotopic (exact) mass is 354 g/mol. The van der Waals surface area contributed by atoms with Gasteiger partial charge in [-0.05, 0) is 29.6 Å². The quantitative estimate of drug-likeness (QED) is 0.904. The third kappa shape index (κ3) is 2.96. The molecule has 0 bridgehead atoms. The molecule has 0 spiro atoms. The minimum Gasteiger partial charge on any atom is -0.314 e. The van der Waals surface area contributed by atoms with E-state index in [9.17, 15) is 4.39 Å². The van der Waals surface area contributed by atoms with Crippen LogP contribution in [-0.4, -0.2) is 31.1 Å². The van der Waals surface area contributed by atoms with Crippen molar-refractivity contribution in [3.8, 4) is 0 Å². The second-order valence-corrected chi connectivity index (χ2v) is 6.76. The van der Waals surface area contributed by atoms with Gasteiger partial charge in [-0.3, -0.25) is 4.90 Å². The summed E-state index contributed by atoms with van der Waals surface area (Å²) >= 11 is 5.15. The third-order valence-electron chi connectivity index (χ3n) is 3.58. The Morgan fingerprint density at radius 2 is 2.05 bits per heavy atom. The van der Waals surface area contributed by atoms with E-state index in [1.165, 1.54) is 4.88 Å². The molecule has 2 nitrogen and oxygen atoms in total. The standard InChI is InChI=1S/C15H16BrFN2S/c16-11-3-4-13(17)12(10-11)15(14-2-1-9-20-14)19-7-5-18-6-8-19/h1-4,9-10,15,18H,5-8H2/t15-/m1/s1. The second-order valence-electron chi connectivity index (χ2n) is 4.87.